The molecule has 2 aromatic carbocycles. The first-order valence-corrected chi connectivity index (χ1v) is 9.36. The Hall–Kier alpha value is -1.88. The number of halogens is 2. The van der Waals surface area contributed by atoms with E-state index in [-0.39, 0.29) is 21.6 Å². The van der Waals surface area contributed by atoms with Gasteiger partial charge in [-0.25, -0.2) is 0 Å². The number of rotatable bonds is 4. The SMILES string of the molecule is CSc1ccc2c(C)c(C(=O)/C=C/c3cc(Cl)c(O)c(Cl)c3)oc2c1. The number of phenols is 1. The average molecular weight is 393 g/mol. The lowest BCUT2D eigenvalue weighted by molar-refractivity contribution is 0.102. The van der Waals surface area contributed by atoms with Gasteiger partial charge in [-0.2, -0.15) is 0 Å². The fraction of sp³-hybridized carbons (Fsp3) is 0.105. The van der Waals surface area contributed by atoms with Crippen molar-refractivity contribution >= 4 is 57.8 Å². The van der Waals surface area contributed by atoms with E-state index in [0.717, 1.165) is 15.8 Å². The van der Waals surface area contributed by atoms with Gasteiger partial charge < -0.3 is 9.52 Å². The van der Waals surface area contributed by atoms with Gasteiger partial charge in [-0.05, 0) is 55.2 Å². The van der Waals surface area contributed by atoms with Crippen LogP contribution in [0.4, 0.5) is 0 Å². The summed E-state index contributed by atoms with van der Waals surface area (Å²) in [7, 11) is 0. The van der Waals surface area contributed by atoms with Gasteiger partial charge in [0.25, 0.3) is 0 Å². The molecule has 0 amide bonds. The average Bonchev–Trinajstić information content (AvgIpc) is 2.93. The van der Waals surface area contributed by atoms with Gasteiger partial charge >= 0.3 is 0 Å². The van der Waals surface area contributed by atoms with Crippen LogP contribution in [-0.2, 0) is 0 Å². The molecule has 6 heteroatoms. The maximum Gasteiger partial charge on any atom is 0.221 e. The number of furan rings is 1. The molecule has 0 aliphatic carbocycles. The van der Waals surface area contributed by atoms with Gasteiger partial charge in [0, 0.05) is 15.8 Å². The molecule has 3 aromatic rings. The van der Waals surface area contributed by atoms with Crippen molar-refractivity contribution in [1.82, 2.24) is 0 Å². The van der Waals surface area contributed by atoms with Gasteiger partial charge in [-0.1, -0.05) is 29.3 Å². The molecule has 0 bridgehead atoms. The molecule has 3 nitrogen and oxygen atoms in total. The van der Waals surface area contributed by atoms with Crippen LogP contribution in [-0.4, -0.2) is 17.1 Å². The summed E-state index contributed by atoms with van der Waals surface area (Å²) in [5.74, 6) is -0.121. The highest BCUT2D eigenvalue weighted by Gasteiger charge is 2.16. The molecule has 0 saturated heterocycles. The molecule has 128 valence electrons. The Morgan fingerprint density at radius 1 is 1.20 bits per heavy atom. The summed E-state index contributed by atoms with van der Waals surface area (Å²) in [6, 6.07) is 8.94. The van der Waals surface area contributed by atoms with Crippen molar-refractivity contribution in [2.45, 2.75) is 11.8 Å². The normalized spacial score (nSPS) is 11.5. The summed E-state index contributed by atoms with van der Waals surface area (Å²) in [4.78, 5) is 13.6. The van der Waals surface area contributed by atoms with Gasteiger partial charge in [0.2, 0.25) is 5.78 Å². The molecule has 0 fully saturated rings. The first-order chi connectivity index (χ1) is 11.9. The first kappa shape index (κ1) is 17.9. The number of aryl methyl sites for hydroxylation is 1. The number of hydrogen-bond donors (Lipinski definition) is 1. The third kappa shape index (κ3) is 3.56. The summed E-state index contributed by atoms with van der Waals surface area (Å²) < 4.78 is 5.75. The number of carbonyl (C=O) groups is 1. The highest BCUT2D eigenvalue weighted by Crippen LogP contribution is 2.33. The van der Waals surface area contributed by atoms with Crippen molar-refractivity contribution < 1.29 is 14.3 Å². The summed E-state index contributed by atoms with van der Waals surface area (Å²) in [5, 5.41) is 10.8. The van der Waals surface area contributed by atoms with Crippen molar-refractivity contribution in [1.29, 1.82) is 0 Å². The van der Waals surface area contributed by atoms with E-state index in [9.17, 15) is 9.90 Å². The number of benzene rings is 2. The lowest BCUT2D eigenvalue weighted by Crippen LogP contribution is -1.94. The predicted octanol–water partition coefficient (Wildman–Crippen LogP) is 6.37. The van der Waals surface area contributed by atoms with Gasteiger partial charge in [-0.15, -0.1) is 11.8 Å². The summed E-state index contributed by atoms with van der Waals surface area (Å²) in [5.41, 5.74) is 2.11. The highest BCUT2D eigenvalue weighted by atomic mass is 35.5. The van der Waals surface area contributed by atoms with Crippen molar-refractivity contribution in [3.05, 3.63) is 63.3 Å². The Balaban J connectivity index is 1.93. The molecule has 0 radical (unpaired) electrons. The summed E-state index contributed by atoms with van der Waals surface area (Å²) >= 11 is 13.4. The Morgan fingerprint density at radius 3 is 2.52 bits per heavy atom. The summed E-state index contributed by atoms with van der Waals surface area (Å²) in [6.07, 6.45) is 4.97. The zero-order chi connectivity index (χ0) is 18.1. The van der Waals surface area contributed by atoms with Crippen LogP contribution >= 0.6 is 35.0 Å². The second-order valence-electron chi connectivity index (χ2n) is 5.45. The molecule has 0 aliphatic heterocycles. The van der Waals surface area contributed by atoms with E-state index in [4.69, 9.17) is 27.6 Å². The zero-order valence-electron chi connectivity index (χ0n) is 13.5. The second kappa shape index (κ2) is 7.16. The molecule has 1 aromatic heterocycles. The topological polar surface area (TPSA) is 50.4 Å². The number of fused-ring (bicyclic) bond motifs is 1. The van der Waals surface area contributed by atoms with Gasteiger partial charge in [0.15, 0.2) is 11.5 Å². The van der Waals surface area contributed by atoms with E-state index in [2.05, 4.69) is 0 Å². The number of hydrogen-bond acceptors (Lipinski definition) is 4. The van der Waals surface area contributed by atoms with E-state index in [0.29, 0.717) is 16.9 Å². The number of ketones is 1. The van der Waals surface area contributed by atoms with E-state index >= 15 is 0 Å². The van der Waals surface area contributed by atoms with Gasteiger partial charge in [0.05, 0.1) is 10.0 Å². The number of carbonyl (C=O) groups excluding carboxylic acids is 1. The van der Waals surface area contributed by atoms with Gasteiger partial charge in [0.1, 0.15) is 5.58 Å². The minimum Gasteiger partial charge on any atom is -0.505 e. The third-order valence-corrected chi connectivity index (χ3v) is 5.14. The molecule has 0 spiro atoms. The molecular weight excluding hydrogens is 379 g/mol. The van der Waals surface area contributed by atoms with Crippen LogP contribution in [0.25, 0.3) is 17.0 Å². The van der Waals surface area contributed by atoms with E-state index in [1.54, 1.807) is 17.8 Å². The van der Waals surface area contributed by atoms with Crippen molar-refractivity contribution in [3.8, 4) is 5.75 Å². The molecule has 1 N–H and O–H groups in total. The number of thioether (sulfide) groups is 1. The van der Waals surface area contributed by atoms with E-state index < -0.39 is 0 Å². The lowest BCUT2D eigenvalue weighted by Gasteiger charge is -2.01. The van der Waals surface area contributed by atoms with Gasteiger partial charge in [-0.3, -0.25) is 4.79 Å². The van der Waals surface area contributed by atoms with Crippen LogP contribution in [0.2, 0.25) is 10.0 Å². The zero-order valence-corrected chi connectivity index (χ0v) is 15.8. The Morgan fingerprint density at radius 2 is 1.88 bits per heavy atom. The van der Waals surface area contributed by atoms with Crippen LogP contribution in [0.15, 0.2) is 45.7 Å². The van der Waals surface area contributed by atoms with Crippen LogP contribution in [0, 0.1) is 6.92 Å². The number of phenolic OH excluding ortho intramolecular Hbond substituents is 1. The first-order valence-electron chi connectivity index (χ1n) is 7.38. The molecule has 0 aliphatic rings. The Kier molecular flexibility index (Phi) is 5.13. The Bertz CT molecular complexity index is 982. The lowest BCUT2D eigenvalue weighted by atomic mass is 10.1. The smallest absolute Gasteiger partial charge is 0.221 e. The number of allylic oxidation sites excluding steroid dienone is 1. The summed E-state index contributed by atoms with van der Waals surface area (Å²) in [6.45, 7) is 1.86. The predicted molar refractivity (Wildman–Crippen MR) is 104 cm³/mol. The molecule has 25 heavy (non-hydrogen) atoms. The molecule has 1 heterocycles. The Labute approximate surface area is 159 Å². The van der Waals surface area contributed by atoms with Crippen molar-refractivity contribution in [2.75, 3.05) is 6.26 Å². The van der Waals surface area contributed by atoms with Crippen LogP contribution in [0.5, 0.6) is 5.75 Å². The molecule has 3 rings (SSSR count). The maximum absolute atomic E-state index is 12.5. The molecular formula is C19H14Cl2O3S. The molecule has 0 unspecified atom stereocenters. The monoisotopic (exact) mass is 392 g/mol. The highest BCUT2D eigenvalue weighted by molar-refractivity contribution is 7.98. The van der Waals surface area contributed by atoms with E-state index in [1.165, 1.54) is 18.2 Å². The molecule has 0 atom stereocenters. The number of aromatic hydroxyl groups is 1. The van der Waals surface area contributed by atoms with Crippen LogP contribution < -0.4 is 0 Å². The second-order valence-corrected chi connectivity index (χ2v) is 7.14. The van der Waals surface area contributed by atoms with Crippen molar-refractivity contribution in [3.63, 3.8) is 0 Å². The quantitative estimate of drug-likeness (QED) is 0.318. The van der Waals surface area contributed by atoms with Crippen molar-refractivity contribution in [2.24, 2.45) is 0 Å². The largest absolute Gasteiger partial charge is 0.505 e. The minimum atomic E-state index is -0.250. The standard InChI is InChI=1S/C19H14Cl2O3S/c1-10-13-5-4-12(25-2)9-17(13)24-19(10)16(22)6-3-11-7-14(20)18(23)15(21)8-11/h3-9,23H,1-2H3/b6-3+. The third-order valence-electron chi connectivity index (χ3n) is 3.84. The minimum absolute atomic E-state index is 0.129. The van der Waals surface area contributed by atoms with Crippen LogP contribution in [0.3, 0.4) is 0 Å². The van der Waals surface area contributed by atoms with Crippen LogP contribution in [0.1, 0.15) is 21.7 Å². The maximum atomic E-state index is 12.5. The molecule has 0 saturated carbocycles. The fourth-order valence-corrected chi connectivity index (χ4v) is 3.43. The van der Waals surface area contributed by atoms with E-state index in [1.807, 2.05) is 31.4 Å². The fourth-order valence-electron chi connectivity index (χ4n) is 2.50.